The summed E-state index contributed by atoms with van der Waals surface area (Å²) in [7, 11) is 0. The van der Waals surface area contributed by atoms with Crippen molar-refractivity contribution >= 4 is 88.4 Å². The van der Waals surface area contributed by atoms with E-state index in [4.69, 9.17) is 4.42 Å². The Hall–Kier alpha value is -9.12. The molecular formula is C72H58N2O2. The van der Waals surface area contributed by atoms with Crippen LogP contribution in [0.25, 0.3) is 87.6 Å². The van der Waals surface area contributed by atoms with Crippen molar-refractivity contribution in [3.8, 4) is 39.1 Å². The number of nitrogens with zero attached hydrogens (tertiary/aromatic N) is 2. The van der Waals surface area contributed by atoms with Crippen LogP contribution in [0.2, 0.25) is 0 Å². The Bertz CT molecular complexity index is 4440. The molecule has 4 heteroatoms. The molecule has 4 nitrogen and oxygen atoms in total. The number of rotatable bonds is 9. The zero-order valence-corrected chi connectivity index (χ0v) is 44.3. The van der Waals surface area contributed by atoms with Crippen molar-refractivity contribution in [2.75, 3.05) is 9.80 Å². The highest BCUT2D eigenvalue weighted by molar-refractivity contribution is 6.28. The van der Waals surface area contributed by atoms with Gasteiger partial charge in [-0.15, -0.1) is 0 Å². The normalized spacial score (nSPS) is 11.7. The molecule has 0 saturated heterocycles. The zero-order valence-electron chi connectivity index (χ0n) is 44.3. The lowest BCUT2D eigenvalue weighted by Gasteiger charge is -2.31. The van der Waals surface area contributed by atoms with E-state index in [0.29, 0.717) is 5.69 Å². The first-order valence-electron chi connectivity index (χ1n) is 26.4. The summed E-state index contributed by atoms with van der Waals surface area (Å²) in [6.45, 7) is 17.4. The molecule has 1 heterocycles. The molecule has 0 atom stereocenters. The topological polar surface area (TPSA) is 39.9 Å². The average molecular weight is 983 g/mol. The van der Waals surface area contributed by atoms with E-state index in [1.165, 1.54) is 60.8 Å². The van der Waals surface area contributed by atoms with Gasteiger partial charge in [0.25, 0.3) is 0 Å². The smallest absolute Gasteiger partial charge is 0.159 e. The van der Waals surface area contributed by atoms with Crippen LogP contribution in [0.4, 0.5) is 34.1 Å². The molecule has 0 radical (unpaired) electrons. The molecular weight excluding hydrogens is 925 g/mol. The fraction of sp³-hybridized carbons (Fsp3) is 0.111. The highest BCUT2D eigenvalue weighted by Crippen LogP contribution is 2.52. The molecule has 0 saturated carbocycles. The third kappa shape index (κ3) is 7.42. The van der Waals surface area contributed by atoms with Crippen molar-refractivity contribution in [2.45, 2.75) is 55.4 Å². The van der Waals surface area contributed by atoms with E-state index in [-0.39, 0.29) is 5.75 Å². The summed E-state index contributed by atoms with van der Waals surface area (Å²) >= 11 is 0. The van der Waals surface area contributed by atoms with E-state index < -0.39 is 0 Å². The summed E-state index contributed by atoms with van der Waals surface area (Å²) in [5.74, 6) is 0.221. The lowest BCUT2D eigenvalue weighted by molar-refractivity contribution is 0.478. The van der Waals surface area contributed by atoms with E-state index in [0.717, 1.165) is 99.7 Å². The SMILES string of the molecule is Cc1ccc(N(c2cccc(-c3cccc(-c4c(C)cccc4C)c3)c2O)c2ccc3ccc4c(N(c5ccc(C)cc5C)c5cccc6c5oc5c(-c7c(C)cccc7C)cccc56)ccc5ccc2c3c54)c(C)c1. The largest absolute Gasteiger partial charge is 0.505 e. The van der Waals surface area contributed by atoms with E-state index in [1.54, 1.807) is 0 Å². The van der Waals surface area contributed by atoms with Gasteiger partial charge in [0.05, 0.1) is 22.7 Å². The minimum atomic E-state index is 0.221. The lowest BCUT2D eigenvalue weighted by atomic mass is 9.91. The van der Waals surface area contributed by atoms with Crippen LogP contribution >= 0.6 is 0 Å². The van der Waals surface area contributed by atoms with Gasteiger partial charge in [0, 0.05) is 44.0 Å². The van der Waals surface area contributed by atoms with Gasteiger partial charge < -0.3 is 19.3 Å². The summed E-state index contributed by atoms with van der Waals surface area (Å²) in [6.07, 6.45) is 0. The molecule has 13 rings (SSSR count). The first-order chi connectivity index (χ1) is 36.9. The Morgan fingerprint density at radius 3 is 1.36 bits per heavy atom. The van der Waals surface area contributed by atoms with Gasteiger partial charge in [-0.25, -0.2) is 0 Å². The van der Waals surface area contributed by atoms with Crippen molar-refractivity contribution in [1.29, 1.82) is 0 Å². The number of benzene rings is 12. The van der Waals surface area contributed by atoms with Crippen LogP contribution in [-0.4, -0.2) is 5.11 Å². The monoisotopic (exact) mass is 982 g/mol. The number of para-hydroxylation sites is 3. The third-order valence-corrected chi connectivity index (χ3v) is 16.0. The van der Waals surface area contributed by atoms with Gasteiger partial charge in [0.1, 0.15) is 11.3 Å². The number of phenols is 1. The number of furan rings is 1. The van der Waals surface area contributed by atoms with Crippen molar-refractivity contribution in [3.63, 3.8) is 0 Å². The maximum atomic E-state index is 12.8. The average Bonchev–Trinajstić information content (AvgIpc) is 3.87. The lowest BCUT2D eigenvalue weighted by Crippen LogP contribution is -2.13. The summed E-state index contributed by atoms with van der Waals surface area (Å²) in [6, 6.07) is 72.3. The molecule has 1 N–H and O–H groups in total. The van der Waals surface area contributed by atoms with Crippen molar-refractivity contribution in [3.05, 3.63) is 245 Å². The van der Waals surface area contributed by atoms with Gasteiger partial charge in [0.15, 0.2) is 5.58 Å². The van der Waals surface area contributed by atoms with E-state index in [9.17, 15) is 5.11 Å². The fourth-order valence-corrected chi connectivity index (χ4v) is 12.5. The number of hydrogen-bond acceptors (Lipinski definition) is 4. The standard InChI is InChI=1S/C72H58N2O2/c1-42-27-35-60(48(7)39-42)73(64-25-13-21-54(70(64)75)52-19-11-20-53(41-52)66-44(3)15-9-16-45(66)4)62-37-31-50-30-34-58-63(38-32-51-29-33-57(62)68(50)69(51)58)74(61-36-28-43(2)40-49(61)8)65-26-14-23-56-55-22-12-24-59(71(55)76-72(56)65)67-46(5)17-10-18-47(67)6/h9-41,75H,1-8H3. The minimum Gasteiger partial charge on any atom is -0.505 e. The second-order valence-electron chi connectivity index (χ2n) is 21.1. The predicted octanol–water partition coefficient (Wildman–Crippen LogP) is 20.6. The first-order valence-corrected chi connectivity index (χ1v) is 26.4. The Labute approximate surface area is 444 Å². The highest BCUT2D eigenvalue weighted by Gasteiger charge is 2.27. The van der Waals surface area contributed by atoms with Crippen LogP contribution in [0.1, 0.15) is 44.5 Å². The summed E-state index contributed by atoms with van der Waals surface area (Å²) in [5, 5.41) is 21.8. The quantitative estimate of drug-likeness (QED) is 0.146. The van der Waals surface area contributed by atoms with Crippen LogP contribution in [0.5, 0.6) is 5.75 Å². The number of aromatic hydroxyl groups is 1. The number of phenolic OH excluding ortho intramolecular Hbond substituents is 1. The number of anilines is 6. The van der Waals surface area contributed by atoms with Gasteiger partial charge in [0.2, 0.25) is 0 Å². The molecule has 13 aromatic rings. The molecule has 76 heavy (non-hydrogen) atoms. The zero-order chi connectivity index (χ0) is 52.1. The van der Waals surface area contributed by atoms with Crippen molar-refractivity contribution in [1.82, 2.24) is 0 Å². The molecule has 0 fully saturated rings. The summed E-state index contributed by atoms with van der Waals surface area (Å²) in [5.41, 5.74) is 23.5. The highest BCUT2D eigenvalue weighted by atomic mass is 16.3. The third-order valence-electron chi connectivity index (χ3n) is 16.0. The Kier molecular flexibility index (Phi) is 11.1. The van der Waals surface area contributed by atoms with Crippen LogP contribution in [0.15, 0.2) is 205 Å². The molecule has 0 aliphatic carbocycles. The van der Waals surface area contributed by atoms with Crippen LogP contribution in [-0.2, 0) is 0 Å². The Morgan fingerprint density at radius 1 is 0.316 bits per heavy atom. The van der Waals surface area contributed by atoms with Gasteiger partial charge in [-0.05, 0) is 175 Å². The van der Waals surface area contributed by atoms with Gasteiger partial charge in [-0.3, -0.25) is 0 Å². The van der Waals surface area contributed by atoms with Crippen molar-refractivity contribution < 1.29 is 9.52 Å². The van der Waals surface area contributed by atoms with Crippen molar-refractivity contribution in [2.24, 2.45) is 0 Å². The number of aryl methyl sites for hydroxylation is 8. The molecule has 0 bridgehead atoms. The molecule has 0 amide bonds. The van der Waals surface area contributed by atoms with E-state index in [1.807, 2.05) is 6.07 Å². The number of fused-ring (bicyclic) bond motifs is 3. The summed E-state index contributed by atoms with van der Waals surface area (Å²) in [4.78, 5) is 4.69. The number of hydrogen-bond donors (Lipinski definition) is 1. The van der Waals surface area contributed by atoms with Gasteiger partial charge >= 0.3 is 0 Å². The van der Waals surface area contributed by atoms with Gasteiger partial charge in [-0.2, -0.15) is 0 Å². The molecule has 368 valence electrons. The second kappa shape index (κ2) is 18.1. The van der Waals surface area contributed by atoms with E-state index >= 15 is 0 Å². The maximum absolute atomic E-state index is 12.8. The van der Waals surface area contributed by atoms with Gasteiger partial charge in [-0.1, -0.05) is 169 Å². The Morgan fingerprint density at radius 2 is 0.763 bits per heavy atom. The maximum Gasteiger partial charge on any atom is 0.159 e. The molecule has 0 aliphatic heterocycles. The fourth-order valence-electron chi connectivity index (χ4n) is 12.5. The molecule has 1 aromatic heterocycles. The van der Waals surface area contributed by atoms with E-state index in [2.05, 4.69) is 259 Å². The Balaban J connectivity index is 1.03. The molecule has 0 unspecified atom stereocenters. The van der Waals surface area contributed by atoms with Crippen LogP contribution in [0.3, 0.4) is 0 Å². The summed E-state index contributed by atoms with van der Waals surface area (Å²) < 4.78 is 7.25. The second-order valence-corrected chi connectivity index (χ2v) is 21.1. The predicted molar refractivity (Wildman–Crippen MR) is 323 cm³/mol. The first kappa shape index (κ1) is 46.7. The molecule has 0 spiro atoms. The molecule has 0 aliphatic rings. The van der Waals surface area contributed by atoms with Crippen LogP contribution < -0.4 is 9.80 Å². The molecule has 12 aromatic carbocycles. The van der Waals surface area contributed by atoms with Crippen LogP contribution in [0, 0.1) is 55.4 Å². The minimum absolute atomic E-state index is 0.221.